The summed E-state index contributed by atoms with van der Waals surface area (Å²) in [6.45, 7) is 1.99. The van der Waals surface area contributed by atoms with E-state index in [9.17, 15) is 0 Å². The maximum atomic E-state index is 5.83. The molecule has 0 N–H and O–H groups in total. The van der Waals surface area contributed by atoms with E-state index in [-0.39, 0.29) is 0 Å². The molecule has 0 amide bonds. The van der Waals surface area contributed by atoms with Gasteiger partial charge in [-0.3, -0.25) is 4.98 Å². The average Bonchev–Trinajstić information content (AvgIpc) is 2.23. The Bertz CT molecular complexity index is 440. The van der Waals surface area contributed by atoms with E-state index in [1.807, 2.05) is 31.2 Å². The summed E-state index contributed by atoms with van der Waals surface area (Å²) < 4.78 is 0. The van der Waals surface area contributed by atoms with Gasteiger partial charge in [0.05, 0.1) is 11.4 Å². The molecule has 3 heteroatoms. The third-order valence-electron chi connectivity index (χ3n) is 1.97. The lowest BCUT2D eigenvalue weighted by Crippen LogP contribution is -1.90. The molecule has 2 aromatic rings. The van der Waals surface area contributed by atoms with Crippen LogP contribution in [0, 0.1) is 6.92 Å². The fourth-order valence-corrected chi connectivity index (χ4v) is 1.41. The van der Waals surface area contributed by atoms with E-state index in [0.29, 0.717) is 5.15 Å². The molecular formula is C11H9ClN2. The summed E-state index contributed by atoms with van der Waals surface area (Å²) in [6, 6.07) is 9.46. The Hall–Kier alpha value is -1.41. The smallest absolute Gasteiger partial charge is 0.129 e. The molecule has 0 bridgehead atoms. The van der Waals surface area contributed by atoms with Gasteiger partial charge in [0.1, 0.15) is 5.15 Å². The lowest BCUT2D eigenvalue weighted by Gasteiger charge is -2.03. The van der Waals surface area contributed by atoms with Crippen molar-refractivity contribution in [1.29, 1.82) is 0 Å². The van der Waals surface area contributed by atoms with Gasteiger partial charge < -0.3 is 0 Å². The van der Waals surface area contributed by atoms with Crippen molar-refractivity contribution in [3.05, 3.63) is 47.2 Å². The molecule has 14 heavy (non-hydrogen) atoms. The van der Waals surface area contributed by atoms with Gasteiger partial charge in [0.15, 0.2) is 0 Å². The predicted octanol–water partition coefficient (Wildman–Crippen LogP) is 3.11. The molecular weight excluding hydrogens is 196 g/mol. The summed E-state index contributed by atoms with van der Waals surface area (Å²) in [5.41, 5.74) is 2.78. The number of aromatic nitrogens is 2. The summed E-state index contributed by atoms with van der Waals surface area (Å²) in [6.07, 6.45) is 1.75. The van der Waals surface area contributed by atoms with Crippen LogP contribution in [0.4, 0.5) is 0 Å². The molecule has 0 unspecified atom stereocenters. The Kier molecular flexibility index (Phi) is 2.46. The van der Waals surface area contributed by atoms with E-state index in [2.05, 4.69) is 9.97 Å². The first kappa shape index (κ1) is 9.16. The first-order valence-electron chi connectivity index (χ1n) is 4.32. The molecule has 0 fully saturated rings. The summed E-state index contributed by atoms with van der Waals surface area (Å²) in [4.78, 5) is 8.48. The fraction of sp³-hybridized carbons (Fsp3) is 0.0909. The molecule has 0 spiro atoms. The summed E-state index contributed by atoms with van der Waals surface area (Å²) >= 11 is 5.83. The molecule has 0 atom stereocenters. The van der Waals surface area contributed by atoms with Crippen molar-refractivity contribution < 1.29 is 0 Å². The van der Waals surface area contributed by atoms with E-state index in [4.69, 9.17) is 11.6 Å². The van der Waals surface area contributed by atoms with Crippen LogP contribution in [0.3, 0.4) is 0 Å². The van der Waals surface area contributed by atoms with Gasteiger partial charge in [-0.2, -0.15) is 0 Å². The largest absolute Gasteiger partial charge is 0.255 e. The van der Waals surface area contributed by atoms with Crippen molar-refractivity contribution in [2.45, 2.75) is 6.92 Å². The zero-order valence-electron chi connectivity index (χ0n) is 7.74. The van der Waals surface area contributed by atoms with Gasteiger partial charge in [0.25, 0.3) is 0 Å². The first-order valence-corrected chi connectivity index (χ1v) is 4.70. The number of rotatable bonds is 1. The zero-order chi connectivity index (χ0) is 9.97. The van der Waals surface area contributed by atoms with Crippen molar-refractivity contribution in [2.24, 2.45) is 0 Å². The van der Waals surface area contributed by atoms with E-state index in [0.717, 1.165) is 17.0 Å². The number of halogens is 1. The van der Waals surface area contributed by atoms with E-state index >= 15 is 0 Å². The highest BCUT2D eigenvalue weighted by molar-refractivity contribution is 6.29. The van der Waals surface area contributed by atoms with Gasteiger partial charge in [-0.15, -0.1) is 0 Å². The van der Waals surface area contributed by atoms with E-state index < -0.39 is 0 Å². The molecule has 0 radical (unpaired) electrons. The number of pyridine rings is 2. The lowest BCUT2D eigenvalue weighted by molar-refractivity contribution is 1.21. The predicted molar refractivity (Wildman–Crippen MR) is 57.2 cm³/mol. The number of hydrogen-bond acceptors (Lipinski definition) is 2. The third-order valence-corrected chi connectivity index (χ3v) is 2.18. The fourth-order valence-electron chi connectivity index (χ4n) is 1.27. The van der Waals surface area contributed by atoms with Crippen molar-refractivity contribution in [3.8, 4) is 11.4 Å². The molecule has 0 aromatic carbocycles. The lowest BCUT2D eigenvalue weighted by atomic mass is 10.1. The minimum Gasteiger partial charge on any atom is -0.255 e. The van der Waals surface area contributed by atoms with Crippen molar-refractivity contribution >= 4 is 11.6 Å². The Morgan fingerprint density at radius 1 is 1.14 bits per heavy atom. The number of aryl methyl sites for hydroxylation is 1. The normalized spacial score (nSPS) is 10.1. The molecule has 0 aliphatic rings. The van der Waals surface area contributed by atoms with Crippen LogP contribution in [-0.4, -0.2) is 9.97 Å². The molecule has 2 nitrogen and oxygen atoms in total. The highest BCUT2D eigenvalue weighted by Crippen LogP contribution is 2.20. The summed E-state index contributed by atoms with van der Waals surface area (Å²) in [5.74, 6) is 0. The molecule has 70 valence electrons. The van der Waals surface area contributed by atoms with Crippen LogP contribution >= 0.6 is 11.6 Å². The van der Waals surface area contributed by atoms with Crippen molar-refractivity contribution in [2.75, 3.05) is 0 Å². The molecule has 0 saturated heterocycles. The van der Waals surface area contributed by atoms with Crippen LogP contribution in [0.5, 0.6) is 0 Å². The second kappa shape index (κ2) is 3.76. The average molecular weight is 205 g/mol. The maximum Gasteiger partial charge on any atom is 0.129 e. The summed E-state index contributed by atoms with van der Waals surface area (Å²) in [7, 11) is 0. The Balaban J connectivity index is 2.57. The van der Waals surface area contributed by atoms with Crippen LogP contribution in [0.2, 0.25) is 5.15 Å². The highest BCUT2D eigenvalue weighted by atomic mass is 35.5. The monoisotopic (exact) mass is 204 g/mol. The van der Waals surface area contributed by atoms with Crippen LogP contribution in [-0.2, 0) is 0 Å². The Labute approximate surface area is 87.6 Å². The second-order valence-corrected chi connectivity index (χ2v) is 3.40. The Morgan fingerprint density at radius 2 is 2.00 bits per heavy atom. The minimum absolute atomic E-state index is 0.497. The SMILES string of the molecule is Cc1ccc(Cl)nc1-c1ccccn1. The standard InChI is InChI=1S/C11H9ClN2/c1-8-5-6-10(12)14-11(8)9-4-2-3-7-13-9/h2-7H,1H3. The topological polar surface area (TPSA) is 25.8 Å². The maximum absolute atomic E-state index is 5.83. The molecule has 0 aliphatic carbocycles. The third kappa shape index (κ3) is 1.75. The van der Waals surface area contributed by atoms with E-state index in [1.54, 1.807) is 12.3 Å². The molecule has 2 aromatic heterocycles. The van der Waals surface area contributed by atoms with Crippen LogP contribution in [0.25, 0.3) is 11.4 Å². The van der Waals surface area contributed by atoms with Gasteiger partial charge in [0.2, 0.25) is 0 Å². The first-order chi connectivity index (χ1) is 6.77. The van der Waals surface area contributed by atoms with Crippen LogP contribution < -0.4 is 0 Å². The zero-order valence-corrected chi connectivity index (χ0v) is 8.49. The number of hydrogen-bond donors (Lipinski definition) is 0. The molecule has 2 heterocycles. The second-order valence-electron chi connectivity index (χ2n) is 3.01. The van der Waals surface area contributed by atoms with Gasteiger partial charge >= 0.3 is 0 Å². The van der Waals surface area contributed by atoms with E-state index in [1.165, 1.54) is 0 Å². The van der Waals surface area contributed by atoms with Gasteiger partial charge in [0, 0.05) is 6.20 Å². The van der Waals surface area contributed by atoms with Gasteiger partial charge in [-0.1, -0.05) is 23.7 Å². The van der Waals surface area contributed by atoms with Crippen molar-refractivity contribution in [3.63, 3.8) is 0 Å². The van der Waals surface area contributed by atoms with Gasteiger partial charge in [-0.05, 0) is 30.7 Å². The highest BCUT2D eigenvalue weighted by Gasteiger charge is 2.04. The minimum atomic E-state index is 0.497. The molecule has 0 saturated carbocycles. The molecule has 2 rings (SSSR count). The van der Waals surface area contributed by atoms with Crippen LogP contribution in [0.1, 0.15) is 5.56 Å². The quantitative estimate of drug-likeness (QED) is 0.667. The van der Waals surface area contributed by atoms with Crippen molar-refractivity contribution in [1.82, 2.24) is 9.97 Å². The Morgan fingerprint density at radius 3 is 2.71 bits per heavy atom. The van der Waals surface area contributed by atoms with Gasteiger partial charge in [-0.25, -0.2) is 4.98 Å². The number of nitrogens with zero attached hydrogens (tertiary/aromatic N) is 2. The van der Waals surface area contributed by atoms with Crippen LogP contribution in [0.15, 0.2) is 36.5 Å². The summed E-state index contributed by atoms with van der Waals surface area (Å²) in [5, 5.41) is 0.497. The molecule has 0 aliphatic heterocycles.